The monoisotopic (exact) mass is 319 g/mol. The number of benzene rings is 1. The molecule has 1 aromatic rings. The first-order valence-corrected chi connectivity index (χ1v) is 7.26. The molecular weight excluding hydrogens is 302 g/mol. The van der Waals surface area contributed by atoms with E-state index in [9.17, 15) is 19.5 Å². The summed E-state index contributed by atoms with van der Waals surface area (Å²) in [6.07, 6.45) is -1.16. The van der Waals surface area contributed by atoms with E-state index < -0.39 is 35.8 Å². The molecule has 7 heteroatoms. The Morgan fingerprint density at radius 2 is 1.83 bits per heavy atom. The number of methoxy groups -OCH3 is 2. The molecule has 122 valence electrons. The molecule has 0 fully saturated rings. The average molecular weight is 319 g/mol. The van der Waals surface area contributed by atoms with Gasteiger partial charge in [0.2, 0.25) is 5.91 Å². The summed E-state index contributed by atoms with van der Waals surface area (Å²) in [5.41, 5.74) is 1.78. The normalized spacial score (nSPS) is 28.4. The van der Waals surface area contributed by atoms with Gasteiger partial charge in [0.1, 0.15) is 5.92 Å². The quantitative estimate of drug-likeness (QED) is 0.780. The number of aliphatic hydroxyl groups is 1. The van der Waals surface area contributed by atoms with Crippen molar-refractivity contribution in [3.05, 3.63) is 29.3 Å². The summed E-state index contributed by atoms with van der Waals surface area (Å²) in [5.74, 6) is -4.19. The summed E-state index contributed by atoms with van der Waals surface area (Å²) in [4.78, 5) is 36.4. The number of carbonyl (C=O) groups excluding carboxylic acids is 3. The van der Waals surface area contributed by atoms with Crippen LogP contribution in [0.1, 0.15) is 29.6 Å². The highest BCUT2D eigenvalue weighted by Gasteiger charge is 2.52. The number of aliphatic hydroxyl groups excluding tert-OH is 1. The second kappa shape index (κ2) is 5.66. The van der Waals surface area contributed by atoms with Gasteiger partial charge < -0.3 is 19.9 Å². The standard InChI is InChI=1S/C16H17NO6/c1-22-15(20)12-8-6-10(18)17-9-5-3-4-7(11(8)9)14(19)13(12)16(21)23-2/h3-5,8,12-14,19H,6H2,1-2H3,(H,17,18)/t8-,12-,13+,14+/m1/s1. The third-order valence-corrected chi connectivity index (χ3v) is 4.62. The number of carbonyl (C=O) groups is 3. The summed E-state index contributed by atoms with van der Waals surface area (Å²) in [5, 5.41) is 13.4. The minimum atomic E-state index is -1.20. The lowest BCUT2D eigenvalue weighted by molar-refractivity contribution is -0.165. The summed E-state index contributed by atoms with van der Waals surface area (Å²) in [6.45, 7) is 0. The first kappa shape index (κ1) is 15.5. The Morgan fingerprint density at radius 3 is 2.48 bits per heavy atom. The number of anilines is 1. The zero-order valence-electron chi connectivity index (χ0n) is 12.7. The van der Waals surface area contributed by atoms with E-state index >= 15 is 0 Å². The molecular formula is C16H17NO6. The van der Waals surface area contributed by atoms with Crippen LogP contribution >= 0.6 is 0 Å². The van der Waals surface area contributed by atoms with E-state index in [0.717, 1.165) is 0 Å². The molecule has 1 heterocycles. The number of esters is 2. The fraction of sp³-hybridized carbons (Fsp3) is 0.438. The van der Waals surface area contributed by atoms with E-state index in [1.54, 1.807) is 18.2 Å². The molecule has 1 aromatic carbocycles. The van der Waals surface area contributed by atoms with Crippen LogP contribution in [0.15, 0.2) is 18.2 Å². The molecule has 0 bridgehead atoms. The molecule has 0 spiro atoms. The molecule has 1 aliphatic carbocycles. The van der Waals surface area contributed by atoms with E-state index in [2.05, 4.69) is 5.32 Å². The van der Waals surface area contributed by atoms with Crippen LogP contribution in [0, 0.1) is 11.8 Å². The zero-order chi connectivity index (χ0) is 16.7. The zero-order valence-corrected chi connectivity index (χ0v) is 12.7. The average Bonchev–Trinajstić information content (AvgIpc) is 2.55. The van der Waals surface area contributed by atoms with Crippen molar-refractivity contribution in [1.29, 1.82) is 0 Å². The number of rotatable bonds is 2. The highest BCUT2D eigenvalue weighted by atomic mass is 16.5. The third kappa shape index (κ3) is 2.28. The van der Waals surface area contributed by atoms with Crippen LogP contribution in [0.4, 0.5) is 5.69 Å². The Hall–Kier alpha value is -2.41. The number of hydrogen-bond donors (Lipinski definition) is 2. The Morgan fingerprint density at radius 1 is 1.17 bits per heavy atom. The van der Waals surface area contributed by atoms with Crippen LogP contribution in [0.25, 0.3) is 0 Å². The van der Waals surface area contributed by atoms with E-state index in [1.165, 1.54) is 14.2 Å². The van der Waals surface area contributed by atoms with E-state index in [1.807, 2.05) is 0 Å². The first-order chi connectivity index (χ1) is 11.0. The Kier molecular flexibility index (Phi) is 3.81. The molecule has 1 amide bonds. The molecule has 7 nitrogen and oxygen atoms in total. The van der Waals surface area contributed by atoms with Crippen LogP contribution in [-0.2, 0) is 23.9 Å². The smallest absolute Gasteiger partial charge is 0.312 e. The van der Waals surface area contributed by atoms with Crippen molar-refractivity contribution in [2.24, 2.45) is 11.8 Å². The molecule has 4 atom stereocenters. The number of nitrogens with one attached hydrogen (secondary N) is 1. The Labute approximate surface area is 132 Å². The SMILES string of the molecule is COC(=O)[C@H]1[C@H](C(=O)OC)[C@@H](O)c2cccc3c2[C@H]1CC(=O)N3. The van der Waals surface area contributed by atoms with Crippen LogP contribution in [-0.4, -0.2) is 37.2 Å². The van der Waals surface area contributed by atoms with E-state index in [-0.39, 0.29) is 12.3 Å². The Balaban J connectivity index is 2.21. The lowest BCUT2D eigenvalue weighted by atomic mass is 9.64. The fourth-order valence-corrected chi connectivity index (χ4v) is 3.67. The van der Waals surface area contributed by atoms with Gasteiger partial charge in [0, 0.05) is 18.0 Å². The third-order valence-electron chi connectivity index (χ3n) is 4.62. The van der Waals surface area contributed by atoms with Crippen molar-refractivity contribution in [2.75, 3.05) is 19.5 Å². The summed E-state index contributed by atoms with van der Waals surface area (Å²) >= 11 is 0. The summed E-state index contributed by atoms with van der Waals surface area (Å²) in [6, 6.07) is 5.09. The lowest BCUT2D eigenvalue weighted by Crippen LogP contribution is -2.45. The van der Waals surface area contributed by atoms with Crippen LogP contribution in [0.5, 0.6) is 0 Å². The molecule has 0 radical (unpaired) electrons. The maximum absolute atomic E-state index is 12.3. The van der Waals surface area contributed by atoms with Crippen LogP contribution in [0.3, 0.4) is 0 Å². The van der Waals surface area contributed by atoms with Crippen molar-refractivity contribution in [3.63, 3.8) is 0 Å². The highest BCUT2D eigenvalue weighted by Crippen LogP contribution is 2.51. The van der Waals surface area contributed by atoms with Crippen molar-refractivity contribution >= 4 is 23.5 Å². The van der Waals surface area contributed by atoms with Crippen molar-refractivity contribution in [3.8, 4) is 0 Å². The molecule has 0 unspecified atom stereocenters. The molecule has 2 aliphatic rings. The molecule has 1 aliphatic heterocycles. The van der Waals surface area contributed by atoms with Gasteiger partial charge in [0.25, 0.3) is 0 Å². The molecule has 0 saturated heterocycles. The molecule has 0 aromatic heterocycles. The molecule has 0 saturated carbocycles. The van der Waals surface area contributed by atoms with Crippen molar-refractivity contribution in [2.45, 2.75) is 18.4 Å². The van der Waals surface area contributed by atoms with Gasteiger partial charge in [-0.3, -0.25) is 14.4 Å². The maximum Gasteiger partial charge on any atom is 0.312 e. The second-order valence-corrected chi connectivity index (χ2v) is 5.71. The largest absolute Gasteiger partial charge is 0.469 e. The number of amides is 1. The van der Waals surface area contributed by atoms with Gasteiger partial charge in [0.15, 0.2) is 0 Å². The summed E-state index contributed by atoms with van der Waals surface area (Å²) in [7, 11) is 2.41. The van der Waals surface area contributed by atoms with Gasteiger partial charge in [0.05, 0.1) is 26.2 Å². The maximum atomic E-state index is 12.3. The van der Waals surface area contributed by atoms with Crippen LogP contribution in [0.2, 0.25) is 0 Å². The minimum Gasteiger partial charge on any atom is -0.469 e. The Bertz CT molecular complexity index is 685. The van der Waals surface area contributed by atoms with Crippen molar-refractivity contribution in [1.82, 2.24) is 0 Å². The topological polar surface area (TPSA) is 102 Å². The van der Waals surface area contributed by atoms with Gasteiger partial charge in [-0.15, -0.1) is 0 Å². The van der Waals surface area contributed by atoms with Gasteiger partial charge >= 0.3 is 11.9 Å². The molecule has 23 heavy (non-hydrogen) atoms. The highest BCUT2D eigenvalue weighted by molar-refractivity contribution is 5.97. The second-order valence-electron chi connectivity index (χ2n) is 5.71. The van der Waals surface area contributed by atoms with Crippen LogP contribution < -0.4 is 5.32 Å². The summed E-state index contributed by atoms with van der Waals surface area (Å²) < 4.78 is 9.58. The van der Waals surface area contributed by atoms with Gasteiger partial charge in [-0.25, -0.2) is 0 Å². The first-order valence-electron chi connectivity index (χ1n) is 7.26. The van der Waals surface area contributed by atoms with E-state index in [4.69, 9.17) is 9.47 Å². The number of ether oxygens (including phenoxy) is 2. The predicted molar refractivity (Wildman–Crippen MR) is 78.4 cm³/mol. The van der Waals surface area contributed by atoms with Gasteiger partial charge in [-0.1, -0.05) is 12.1 Å². The predicted octanol–water partition coefficient (Wildman–Crippen LogP) is 0.738. The molecule has 3 rings (SSSR count). The lowest BCUT2D eigenvalue weighted by Gasteiger charge is -2.42. The minimum absolute atomic E-state index is 0.0456. The van der Waals surface area contributed by atoms with Gasteiger partial charge in [-0.05, 0) is 17.2 Å². The van der Waals surface area contributed by atoms with Crippen molar-refractivity contribution < 1.29 is 29.0 Å². The van der Waals surface area contributed by atoms with Gasteiger partial charge in [-0.2, -0.15) is 0 Å². The fourth-order valence-electron chi connectivity index (χ4n) is 3.67. The number of hydrogen-bond acceptors (Lipinski definition) is 6. The van der Waals surface area contributed by atoms with E-state index in [0.29, 0.717) is 16.8 Å². The molecule has 2 N–H and O–H groups in total.